The number of hydrogen-bond acceptors (Lipinski definition) is 8. The molecular weight excluding hydrogens is 608 g/mol. The van der Waals surface area contributed by atoms with E-state index in [2.05, 4.69) is 27.7 Å². The maximum absolute atomic E-state index is 11.9. The topological polar surface area (TPSA) is 173 Å². The van der Waals surface area contributed by atoms with Crippen molar-refractivity contribution in [2.45, 2.75) is 79.1 Å². The molecule has 0 aliphatic carbocycles. The first-order valence-electron chi connectivity index (χ1n) is 14.9. The van der Waals surface area contributed by atoms with Crippen molar-refractivity contribution in [3.05, 3.63) is 47.5 Å². The summed E-state index contributed by atoms with van der Waals surface area (Å²) in [6, 6.07) is 9.81. The highest BCUT2D eigenvalue weighted by Gasteiger charge is 2.36. The van der Waals surface area contributed by atoms with Crippen LogP contribution in [-0.2, 0) is 42.8 Å². The SMILES string of the molecule is CC(C)CCCCc1ccc(O)c(N2CC(=O)NS2(=O)=O)c1.CC(C)CCCCc1ccc(O)c(N2CC(=O)NS2(=O)=O)c1. The number of phenols is 2. The van der Waals surface area contributed by atoms with Crippen LogP contribution in [0.4, 0.5) is 11.4 Å². The van der Waals surface area contributed by atoms with Crippen molar-refractivity contribution in [2.24, 2.45) is 11.8 Å². The minimum atomic E-state index is -3.89. The summed E-state index contributed by atoms with van der Waals surface area (Å²) >= 11 is 0. The third kappa shape index (κ3) is 9.74. The molecule has 14 heteroatoms. The van der Waals surface area contributed by atoms with Crippen LogP contribution in [0.25, 0.3) is 0 Å². The third-order valence-electron chi connectivity index (χ3n) is 7.25. The molecule has 244 valence electrons. The summed E-state index contributed by atoms with van der Waals surface area (Å²) in [4.78, 5) is 22.6. The van der Waals surface area contributed by atoms with E-state index in [-0.39, 0.29) is 36.0 Å². The van der Waals surface area contributed by atoms with Gasteiger partial charge in [-0.15, -0.1) is 0 Å². The van der Waals surface area contributed by atoms with Crippen LogP contribution in [0.5, 0.6) is 11.5 Å². The Morgan fingerprint density at radius 3 is 1.32 bits per heavy atom. The fraction of sp³-hybridized carbons (Fsp3) is 0.533. The van der Waals surface area contributed by atoms with E-state index < -0.39 is 32.2 Å². The molecule has 2 amide bonds. The molecule has 2 aromatic rings. The molecule has 2 heterocycles. The minimum Gasteiger partial charge on any atom is -0.506 e. The Bertz CT molecular complexity index is 1430. The number of aromatic hydroxyl groups is 2. The number of nitrogens with zero attached hydrogens (tertiary/aromatic N) is 2. The average molecular weight is 653 g/mol. The van der Waals surface area contributed by atoms with Gasteiger partial charge in [-0.05, 0) is 72.9 Å². The number of carbonyl (C=O) groups excluding carboxylic acids is 2. The fourth-order valence-corrected chi connectivity index (χ4v) is 7.24. The maximum atomic E-state index is 11.9. The van der Waals surface area contributed by atoms with Gasteiger partial charge in [0.2, 0.25) is 0 Å². The van der Waals surface area contributed by atoms with Crippen molar-refractivity contribution in [2.75, 3.05) is 21.7 Å². The number of nitrogens with one attached hydrogen (secondary N) is 2. The molecule has 2 aliphatic heterocycles. The van der Waals surface area contributed by atoms with Crippen LogP contribution in [0.3, 0.4) is 0 Å². The van der Waals surface area contributed by atoms with Gasteiger partial charge in [-0.25, -0.2) is 18.1 Å². The predicted molar refractivity (Wildman–Crippen MR) is 170 cm³/mol. The van der Waals surface area contributed by atoms with Crippen molar-refractivity contribution >= 4 is 43.6 Å². The van der Waals surface area contributed by atoms with Gasteiger partial charge in [-0.3, -0.25) is 9.59 Å². The highest BCUT2D eigenvalue weighted by molar-refractivity contribution is 7.92. The molecule has 12 nitrogen and oxygen atoms in total. The van der Waals surface area contributed by atoms with Gasteiger partial charge in [0, 0.05) is 0 Å². The van der Waals surface area contributed by atoms with E-state index in [1.807, 2.05) is 9.44 Å². The van der Waals surface area contributed by atoms with E-state index >= 15 is 0 Å². The highest BCUT2D eigenvalue weighted by atomic mass is 32.2. The van der Waals surface area contributed by atoms with Crippen molar-refractivity contribution in [1.82, 2.24) is 9.44 Å². The third-order valence-corrected chi connectivity index (χ3v) is 10.0. The summed E-state index contributed by atoms with van der Waals surface area (Å²) in [6.45, 7) is 8.13. The van der Waals surface area contributed by atoms with Gasteiger partial charge in [0.05, 0.1) is 11.4 Å². The Kier molecular flexibility index (Phi) is 11.9. The quantitative estimate of drug-likeness (QED) is 0.250. The number of rotatable bonds is 12. The summed E-state index contributed by atoms with van der Waals surface area (Å²) in [6.07, 6.45) is 8.17. The van der Waals surface area contributed by atoms with Crippen molar-refractivity contribution in [3.8, 4) is 11.5 Å². The normalized spacial score (nSPS) is 17.0. The van der Waals surface area contributed by atoms with Crippen LogP contribution < -0.4 is 18.1 Å². The Morgan fingerprint density at radius 2 is 1.02 bits per heavy atom. The van der Waals surface area contributed by atoms with Gasteiger partial charge >= 0.3 is 20.4 Å². The number of benzene rings is 2. The second kappa shape index (κ2) is 15.0. The monoisotopic (exact) mass is 652 g/mol. The van der Waals surface area contributed by atoms with Crippen molar-refractivity contribution < 1.29 is 36.6 Å². The second-order valence-corrected chi connectivity index (χ2v) is 15.2. The Morgan fingerprint density at radius 1 is 0.659 bits per heavy atom. The lowest BCUT2D eigenvalue weighted by Gasteiger charge is -2.17. The summed E-state index contributed by atoms with van der Waals surface area (Å²) < 4.78 is 53.0. The largest absolute Gasteiger partial charge is 0.506 e. The number of unbranched alkanes of at least 4 members (excludes halogenated alkanes) is 2. The molecule has 44 heavy (non-hydrogen) atoms. The van der Waals surface area contributed by atoms with Gasteiger partial charge in [0.25, 0.3) is 11.8 Å². The molecule has 2 fully saturated rings. The number of phenolic OH excluding ortho intramolecular Hbond substituents is 2. The molecule has 0 radical (unpaired) electrons. The number of amides is 2. The van der Waals surface area contributed by atoms with Crippen molar-refractivity contribution in [1.29, 1.82) is 0 Å². The van der Waals surface area contributed by atoms with Gasteiger partial charge in [-0.1, -0.05) is 65.5 Å². The summed E-state index contributed by atoms with van der Waals surface area (Å²) in [7, 11) is -7.78. The molecule has 4 N–H and O–H groups in total. The smallest absolute Gasteiger partial charge is 0.326 e. The van der Waals surface area contributed by atoms with Gasteiger partial charge in [0.15, 0.2) is 0 Å². The van der Waals surface area contributed by atoms with E-state index in [0.717, 1.165) is 71.1 Å². The van der Waals surface area contributed by atoms with Crippen LogP contribution in [0, 0.1) is 11.8 Å². The van der Waals surface area contributed by atoms with E-state index in [1.165, 1.54) is 12.1 Å². The number of aryl methyl sites for hydroxylation is 2. The van der Waals surface area contributed by atoms with E-state index in [9.17, 15) is 36.6 Å². The minimum absolute atomic E-state index is 0.147. The molecule has 4 rings (SSSR count). The Hall–Kier alpha value is -3.52. The van der Waals surface area contributed by atoms with Crippen LogP contribution in [0.2, 0.25) is 0 Å². The maximum Gasteiger partial charge on any atom is 0.326 e. The fourth-order valence-electron chi connectivity index (χ4n) is 4.93. The Labute approximate surface area is 260 Å². The van der Waals surface area contributed by atoms with Crippen LogP contribution >= 0.6 is 0 Å². The molecule has 0 spiro atoms. The summed E-state index contributed by atoms with van der Waals surface area (Å²) in [5, 5.41) is 19.8. The predicted octanol–water partition coefficient (Wildman–Crippen LogP) is 3.88. The highest BCUT2D eigenvalue weighted by Crippen LogP contribution is 2.33. The number of anilines is 2. The average Bonchev–Trinajstić information content (AvgIpc) is 3.36. The molecule has 2 aliphatic rings. The first-order valence-corrected chi connectivity index (χ1v) is 17.8. The molecule has 2 aromatic carbocycles. The van der Waals surface area contributed by atoms with Gasteiger partial charge in [-0.2, -0.15) is 16.8 Å². The van der Waals surface area contributed by atoms with Gasteiger partial charge < -0.3 is 10.2 Å². The molecular formula is C30H44N4O8S2. The van der Waals surface area contributed by atoms with Gasteiger partial charge in [0.1, 0.15) is 24.6 Å². The molecule has 2 saturated heterocycles. The number of carbonyl (C=O) groups is 2. The second-order valence-electron chi connectivity index (χ2n) is 12.0. The first kappa shape index (κ1) is 35.0. The first-order chi connectivity index (χ1) is 20.6. The van der Waals surface area contributed by atoms with Crippen LogP contribution in [0.15, 0.2) is 36.4 Å². The molecule has 0 saturated carbocycles. The zero-order chi connectivity index (χ0) is 32.7. The molecule has 0 bridgehead atoms. The number of hydrogen-bond donors (Lipinski definition) is 4. The summed E-state index contributed by atoms with van der Waals surface area (Å²) in [5.41, 5.74) is 2.21. The Balaban J connectivity index is 0.000000240. The molecule has 0 unspecified atom stereocenters. The standard InChI is InChI=1S/2C15H22N2O4S/c2*1-11(2)5-3-4-6-12-7-8-14(18)13(9-12)17-10-15(19)16-22(17,20)21/h2*7-9,11,18H,3-6,10H2,1-2H3,(H,16,19). The van der Waals surface area contributed by atoms with Crippen molar-refractivity contribution in [3.63, 3.8) is 0 Å². The lowest BCUT2D eigenvalue weighted by atomic mass is 10.0. The van der Waals surface area contributed by atoms with E-state index in [0.29, 0.717) is 11.8 Å². The van der Waals surface area contributed by atoms with Crippen LogP contribution in [-0.4, -0.2) is 52.0 Å². The molecule has 0 aromatic heterocycles. The molecule has 0 atom stereocenters. The zero-order valence-corrected chi connectivity index (χ0v) is 27.4. The lowest BCUT2D eigenvalue weighted by molar-refractivity contribution is -0.118. The lowest BCUT2D eigenvalue weighted by Crippen LogP contribution is -2.29. The van der Waals surface area contributed by atoms with Crippen LogP contribution in [0.1, 0.15) is 77.3 Å². The summed E-state index contributed by atoms with van der Waals surface area (Å²) in [5.74, 6) is -0.148. The van der Waals surface area contributed by atoms with E-state index in [4.69, 9.17) is 0 Å². The zero-order valence-electron chi connectivity index (χ0n) is 25.7. The van der Waals surface area contributed by atoms with E-state index in [1.54, 1.807) is 24.3 Å².